The Morgan fingerprint density at radius 2 is 2.28 bits per heavy atom. The van der Waals surface area contributed by atoms with Gasteiger partial charge in [0.25, 0.3) is 0 Å². The first-order valence-corrected chi connectivity index (χ1v) is 8.65. The van der Waals surface area contributed by atoms with Crippen molar-refractivity contribution in [2.24, 2.45) is 5.92 Å². The van der Waals surface area contributed by atoms with Gasteiger partial charge in [0.1, 0.15) is 0 Å². The van der Waals surface area contributed by atoms with Crippen LogP contribution in [0.5, 0.6) is 0 Å². The van der Waals surface area contributed by atoms with Gasteiger partial charge in [0, 0.05) is 62.7 Å². The second kappa shape index (κ2) is 8.41. The Morgan fingerprint density at radius 3 is 3.04 bits per heavy atom. The fourth-order valence-electron chi connectivity index (χ4n) is 3.03. The number of aromatic nitrogens is 3. The van der Waals surface area contributed by atoms with Gasteiger partial charge in [-0.2, -0.15) is 0 Å². The molecule has 3 rings (SSSR count). The van der Waals surface area contributed by atoms with Gasteiger partial charge in [0.05, 0.1) is 12.2 Å². The maximum absolute atomic E-state index is 12.4. The van der Waals surface area contributed by atoms with Crippen molar-refractivity contribution in [1.82, 2.24) is 25.2 Å². The summed E-state index contributed by atoms with van der Waals surface area (Å²) in [4.78, 5) is 37.5. The molecule has 1 atom stereocenters. The molecule has 0 radical (unpaired) electrons. The normalized spacial score (nSPS) is 17.5. The van der Waals surface area contributed by atoms with Gasteiger partial charge in [-0.1, -0.05) is 6.07 Å². The third-order valence-corrected chi connectivity index (χ3v) is 4.48. The molecule has 25 heavy (non-hydrogen) atoms. The maximum atomic E-state index is 12.4. The van der Waals surface area contributed by atoms with Crippen molar-refractivity contribution in [3.8, 4) is 0 Å². The van der Waals surface area contributed by atoms with Gasteiger partial charge in [0.2, 0.25) is 11.8 Å². The first-order chi connectivity index (χ1) is 12.2. The predicted octanol–water partition coefficient (Wildman–Crippen LogP) is 0.945. The summed E-state index contributed by atoms with van der Waals surface area (Å²) in [5, 5.41) is 2.96. The predicted molar refractivity (Wildman–Crippen MR) is 92.5 cm³/mol. The lowest BCUT2D eigenvalue weighted by atomic mass is 9.96. The SMILES string of the molecule is O=C(NCCc1cnc[nH]1)[C@H]1CCC(=O)N(CCc2ccccn2)C1. The highest BCUT2D eigenvalue weighted by Crippen LogP contribution is 2.18. The molecule has 3 heterocycles. The van der Waals surface area contributed by atoms with Crippen LogP contribution >= 0.6 is 0 Å². The standard InChI is InChI=1S/C18H23N5O2/c24-17-5-4-14(18(25)21-9-6-16-11-19-13-22-16)12-23(17)10-7-15-3-1-2-8-20-15/h1-3,8,11,13-14H,4-7,9-10,12H2,(H,19,22)(H,21,25)/t14-/m0/s1. The third-order valence-electron chi connectivity index (χ3n) is 4.48. The molecule has 0 spiro atoms. The third kappa shape index (κ3) is 4.89. The summed E-state index contributed by atoms with van der Waals surface area (Å²) in [5.41, 5.74) is 1.96. The molecule has 0 unspecified atom stereocenters. The molecule has 0 aliphatic carbocycles. The number of piperidine rings is 1. The highest BCUT2D eigenvalue weighted by molar-refractivity contribution is 5.83. The number of carbonyl (C=O) groups is 2. The molecular weight excluding hydrogens is 318 g/mol. The fourth-order valence-corrected chi connectivity index (χ4v) is 3.03. The largest absolute Gasteiger partial charge is 0.355 e. The zero-order chi connectivity index (χ0) is 17.5. The quantitative estimate of drug-likeness (QED) is 0.784. The van der Waals surface area contributed by atoms with Crippen LogP contribution in [0, 0.1) is 5.92 Å². The Labute approximate surface area is 146 Å². The molecule has 0 saturated carbocycles. The number of nitrogens with one attached hydrogen (secondary N) is 2. The number of likely N-dealkylation sites (tertiary alicyclic amines) is 1. The Balaban J connectivity index is 1.45. The smallest absolute Gasteiger partial charge is 0.224 e. The van der Waals surface area contributed by atoms with Gasteiger partial charge in [-0.15, -0.1) is 0 Å². The lowest BCUT2D eigenvalue weighted by molar-refractivity contribution is -0.138. The lowest BCUT2D eigenvalue weighted by Gasteiger charge is -2.32. The second-order valence-electron chi connectivity index (χ2n) is 6.26. The van der Waals surface area contributed by atoms with E-state index < -0.39 is 0 Å². The van der Waals surface area contributed by atoms with E-state index in [9.17, 15) is 9.59 Å². The van der Waals surface area contributed by atoms with Crippen molar-refractivity contribution in [2.75, 3.05) is 19.6 Å². The minimum Gasteiger partial charge on any atom is -0.355 e. The average Bonchev–Trinajstić information content (AvgIpc) is 3.15. The number of H-pyrrole nitrogens is 1. The summed E-state index contributed by atoms with van der Waals surface area (Å²) in [6, 6.07) is 5.77. The molecule has 2 amide bonds. The van der Waals surface area contributed by atoms with Crippen LogP contribution in [0.2, 0.25) is 0 Å². The van der Waals surface area contributed by atoms with Crippen LogP contribution in [0.15, 0.2) is 36.9 Å². The molecule has 2 N–H and O–H groups in total. The Bertz CT molecular complexity index is 687. The average molecular weight is 341 g/mol. The van der Waals surface area contributed by atoms with Crippen molar-refractivity contribution in [3.63, 3.8) is 0 Å². The van der Waals surface area contributed by atoms with Crippen molar-refractivity contribution in [1.29, 1.82) is 0 Å². The summed E-state index contributed by atoms with van der Waals surface area (Å²) < 4.78 is 0. The van der Waals surface area contributed by atoms with Crippen LogP contribution < -0.4 is 5.32 Å². The summed E-state index contributed by atoms with van der Waals surface area (Å²) in [5.74, 6) is 0.00971. The van der Waals surface area contributed by atoms with Crippen LogP contribution in [-0.2, 0) is 22.4 Å². The molecule has 1 aliphatic rings. The molecule has 0 aromatic carbocycles. The summed E-state index contributed by atoms with van der Waals surface area (Å²) in [7, 11) is 0. The van der Waals surface area contributed by atoms with E-state index in [1.807, 2.05) is 18.2 Å². The zero-order valence-corrected chi connectivity index (χ0v) is 14.1. The molecule has 1 saturated heterocycles. The number of pyridine rings is 1. The van der Waals surface area contributed by atoms with Gasteiger partial charge in [-0.25, -0.2) is 4.98 Å². The molecule has 1 aliphatic heterocycles. The molecule has 7 heteroatoms. The number of hydrogen-bond acceptors (Lipinski definition) is 4. The van der Waals surface area contributed by atoms with Crippen molar-refractivity contribution >= 4 is 11.8 Å². The van der Waals surface area contributed by atoms with E-state index in [-0.39, 0.29) is 17.7 Å². The molecule has 7 nitrogen and oxygen atoms in total. The number of hydrogen-bond donors (Lipinski definition) is 2. The Kier molecular flexibility index (Phi) is 5.77. The highest BCUT2D eigenvalue weighted by Gasteiger charge is 2.29. The van der Waals surface area contributed by atoms with Gasteiger partial charge in [0.15, 0.2) is 0 Å². The van der Waals surface area contributed by atoms with Crippen LogP contribution in [0.3, 0.4) is 0 Å². The van der Waals surface area contributed by atoms with E-state index in [1.54, 1.807) is 23.6 Å². The minimum atomic E-state index is -0.136. The number of rotatable bonds is 7. The minimum absolute atomic E-state index is 0.0230. The fraction of sp³-hybridized carbons (Fsp3) is 0.444. The summed E-state index contributed by atoms with van der Waals surface area (Å²) in [6.45, 7) is 1.66. The summed E-state index contributed by atoms with van der Waals surface area (Å²) >= 11 is 0. The molecule has 2 aromatic rings. The van der Waals surface area contributed by atoms with E-state index in [0.717, 1.165) is 17.8 Å². The van der Waals surface area contributed by atoms with Gasteiger partial charge in [-0.05, 0) is 18.6 Å². The van der Waals surface area contributed by atoms with Gasteiger partial charge < -0.3 is 15.2 Å². The molecule has 0 bridgehead atoms. The number of carbonyl (C=O) groups excluding carboxylic acids is 2. The highest BCUT2D eigenvalue weighted by atomic mass is 16.2. The number of aromatic amines is 1. The van der Waals surface area contributed by atoms with Crippen LogP contribution in [0.4, 0.5) is 0 Å². The maximum Gasteiger partial charge on any atom is 0.224 e. The van der Waals surface area contributed by atoms with E-state index in [2.05, 4.69) is 20.3 Å². The Hall–Kier alpha value is -2.70. The van der Waals surface area contributed by atoms with Gasteiger partial charge >= 0.3 is 0 Å². The van der Waals surface area contributed by atoms with E-state index in [4.69, 9.17) is 0 Å². The van der Waals surface area contributed by atoms with E-state index >= 15 is 0 Å². The molecule has 132 valence electrons. The Morgan fingerprint density at radius 1 is 1.36 bits per heavy atom. The van der Waals surface area contributed by atoms with Crippen LogP contribution in [0.25, 0.3) is 0 Å². The van der Waals surface area contributed by atoms with E-state index in [1.165, 1.54) is 0 Å². The monoisotopic (exact) mass is 341 g/mol. The van der Waals surface area contributed by atoms with Crippen molar-refractivity contribution < 1.29 is 9.59 Å². The van der Waals surface area contributed by atoms with E-state index in [0.29, 0.717) is 38.9 Å². The number of imidazole rings is 1. The topological polar surface area (TPSA) is 91.0 Å². The first kappa shape index (κ1) is 17.1. The molecule has 2 aromatic heterocycles. The van der Waals surface area contributed by atoms with Crippen molar-refractivity contribution in [2.45, 2.75) is 25.7 Å². The van der Waals surface area contributed by atoms with Crippen LogP contribution in [0.1, 0.15) is 24.2 Å². The summed E-state index contributed by atoms with van der Waals surface area (Å²) in [6.07, 6.45) is 7.62. The number of nitrogens with zero attached hydrogens (tertiary/aromatic N) is 3. The van der Waals surface area contributed by atoms with Crippen molar-refractivity contribution in [3.05, 3.63) is 48.3 Å². The lowest BCUT2D eigenvalue weighted by Crippen LogP contribution is -2.46. The first-order valence-electron chi connectivity index (χ1n) is 8.65. The molecular formula is C18H23N5O2. The zero-order valence-electron chi connectivity index (χ0n) is 14.1. The van der Waals surface area contributed by atoms with Crippen LogP contribution in [-0.4, -0.2) is 51.3 Å². The second-order valence-corrected chi connectivity index (χ2v) is 6.26. The molecule has 1 fully saturated rings. The number of amides is 2. The van der Waals surface area contributed by atoms with Gasteiger partial charge in [-0.3, -0.25) is 14.6 Å².